The van der Waals surface area contributed by atoms with Crippen molar-refractivity contribution < 1.29 is 58.3 Å². The predicted molar refractivity (Wildman–Crippen MR) is 233 cm³/mol. The van der Waals surface area contributed by atoms with Gasteiger partial charge in [-0.2, -0.15) is 0 Å². The Kier molecular flexibility index (Phi) is 24.2. The van der Waals surface area contributed by atoms with E-state index in [4.69, 9.17) is 17.2 Å². The number of aromatic hydroxyl groups is 1. The molecule has 5 atom stereocenters. The summed E-state index contributed by atoms with van der Waals surface area (Å²) in [5.74, 6) is -8.25. The minimum atomic E-state index is -1.59. The summed E-state index contributed by atoms with van der Waals surface area (Å²) in [7, 11) is 0. The standard InChI is InChI=1S/C40H59N13O13/c1-23(55)48-30(22-54)40(64)51-27(9-3-5-13-42)37(61)47-21-35(59)50-29(16-25-7-6-14-44-18-25)39(63)52-28(15-24-10-11-32(56)31(17-24)53(65)66)38(62)46-19-33(57)45-20-34(58)49-26(36(43)60)8-2-4-12-41/h6-7,10-11,14,17-18,26-30,54,56H,2-5,8-9,12-13,15-16,19-22,41-42H2,1H3,(H2,43,60)(H,45,57)(H,46,62)(H,47,61)(H,48,55)(H,49,58)(H,50,59)(H,51,64)(H,52,63)/t26-,27-,28-,29-,30-/m0/s1. The van der Waals surface area contributed by atoms with E-state index in [1.807, 2.05) is 0 Å². The molecule has 16 N–H and O–H groups in total. The van der Waals surface area contributed by atoms with Gasteiger partial charge in [0.25, 0.3) is 0 Å². The van der Waals surface area contributed by atoms with Crippen molar-refractivity contribution in [1.82, 2.24) is 47.5 Å². The summed E-state index contributed by atoms with van der Waals surface area (Å²) in [5.41, 5.74) is 16.2. The number of rotatable bonds is 30. The quantitative estimate of drug-likeness (QED) is 0.0198. The lowest BCUT2D eigenvalue weighted by molar-refractivity contribution is -0.385. The molecule has 0 saturated heterocycles. The number of carbonyl (C=O) groups excluding carboxylic acids is 9. The van der Waals surface area contributed by atoms with Gasteiger partial charge < -0.3 is 69.9 Å². The Labute approximate surface area is 378 Å². The van der Waals surface area contributed by atoms with Crippen molar-refractivity contribution >= 4 is 58.9 Å². The summed E-state index contributed by atoms with van der Waals surface area (Å²) >= 11 is 0. The van der Waals surface area contributed by atoms with Crippen molar-refractivity contribution in [2.75, 3.05) is 39.3 Å². The monoisotopic (exact) mass is 929 g/mol. The zero-order valence-corrected chi connectivity index (χ0v) is 36.3. The number of nitrogens with one attached hydrogen (secondary N) is 8. The third-order valence-electron chi connectivity index (χ3n) is 9.50. The number of benzene rings is 1. The molecule has 0 aliphatic rings. The molecular formula is C40H59N13O13. The molecular weight excluding hydrogens is 871 g/mol. The fourth-order valence-corrected chi connectivity index (χ4v) is 6.09. The summed E-state index contributed by atoms with van der Waals surface area (Å²) in [6.07, 6.45) is 4.43. The Balaban J connectivity index is 2.28. The largest absolute Gasteiger partial charge is 0.502 e. The normalized spacial score (nSPS) is 13.0. The maximum absolute atomic E-state index is 14.0. The van der Waals surface area contributed by atoms with Crippen LogP contribution in [0.25, 0.3) is 0 Å². The molecule has 0 spiro atoms. The molecule has 1 aromatic carbocycles. The number of phenols is 1. The molecule has 2 rings (SSSR count). The van der Waals surface area contributed by atoms with Gasteiger partial charge in [0.15, 0.2) is 5.75 Å². The van der Waals surface area contributed by atoms with Crippen LogP contribution in [0.15, 0.2) is 42.7 Å². The summed E-state index contributed by atoms with van der Waals surface area (Å²) in [6.45, 7) is -1.05. The number of primary amides is 1. The minimum absolute atomic E-state index is 0.0681. The first-order valence-corrected chi connectivity index (χ1v) is 20.8. The molecule has 9 amide bonds. The maximum Gasteiger partial charge on any atom is 0.310 e. The molecule has 26 nitrogen and oxygen atoms in total. The van der Waals surface area contributed by atoms with Gasteiger partial charge in [-0.3, -0.25) is 58.2 Å². The lowest BCUT2D eigenvalue weighted by Gasteiger charge is -2.24. The summed E-state index contributed by atoms with van der Waals surface area (Å²) in [6, 6.07) is -0.294. The summed E-state index contributed by atoms with van der Waals surface area (Å²) < 4.78 is 0. The zero-order valence-electron chi connectivity index (χ0n) is 36.3. The van der Waals surface area contributed by atoms with Gasteiger partial charge in [-0.15, -0.1) is 0 Å². The van der Waals surface area contributed by atoms with Crippen molar-refractivity contribution in [3.05, 3.63) is 64.0 Å². The average Bonchev–Trinajstić information content (AvgIpc) is 3.27. The second kappa shape index (κ2) is 29.2. The van der Waals surface area contributed by atoms with E-state index >= 15 is 0 Å². The van der Waals surface area contributed by atoms with Gasteiger partial charge in [0.05, 0.1) is 31.2 Å². The molecule has 66 heavy (non-hydrogen) atoms. The lowest BCUT2D eigenvalue weighted by atomic mass is 10.0. The topological polar surface area (TPSA) is 424 Å². The van der Waals surface area contributed by atoms with Crippen molar-refractivity contribution in [2.24, 2.45) is 17.2 Å². The number of unbranched alkanes of at least 4 members (excludes halogenated alkanes) is 2. The molecule has 0 unspecified atom stereocenters. The number of amides is 9. The Morgan fingerprint density at radius 1 is 0.667 bits per heavy atom. The number of pyridine rings is 1. The van der Waals surface area contributed by atoms with Crippen LogP contribution in [-0.2, 0) is 56.0 Å². The van der Waals surface area contributed by atoms with E-state index in [-0.39, 0.29) is 31.4 Å². The van der Waals surface area contributed by atoms with Crippen LogP contribution in [0.5, 0.6) is 5.75 Å². The molecule has 2 aromatic rings. The highest BCUT2D eigenvalue weighted by Crippen LogP contribution is 2.27. The highest BCUT2D eigenvalue weighted by atomic mass is 16.6. The van der Waals surface area contributed by atoms with E-state index < -0.39 is 132 Å². The predicted octanol–water partition coefficient (Wildman–Crippen LogP) is -4.99. The first-order chi connectivity index (χ1) is 31.4. The number of phenolic OH excluding ortho intramolecular Hbond substituents is 1. The van der Waals surface area contributed by atoms with Gasteiger partial charge in [-0.1, -0.05) is 12.1 Å². The molecule has 0 radical (unpaired) electrons. The number of nitrogens with zero attached hydrogens (tertiary/aromatic N) is 2. The third kappa shape index (κ3) is 20.5. The second-order valence-electron chi connectivity index (χ2n) is 14.8. The van der Waals surface area contributed by atoms with Crippen molar-refractivity contribution in [1.29, 1.82) is 0 Å². The molecule has 0 fully saturated rings. The number of nitro groups is 1. The fraction of sp³-hybridized carbons (Fsp3) is 0.500. The number of aromatic nitrogens is 1. The van der Waals surface area contributed by atoms with Crippen LogP contribution in [0.1, 0.15) is 56.6 Å². The Hall–Kier alpha value is -7.32. The number of carbonyl (C=O) groups is 9. The van der Waals surface area contributed by atoms with Crippen LogP contribution in [-0.4, -0.2) is 143 Å². The van der Waals surface area contributed by atoms with Crippen LogP contribution in [0.3, 0.4) is 0 Å². The van der Waals surface area contributed by atoms with Crippen LogP contribution >= 0.6 is 0 Å². The van der Waals surface area contributed by atoms with Crippen LogP contribution in [0, 0.1) is 10.1 Å². The molecule has 26 heteroatoms. The highest BCUT2D eigenvalue weighted by molar-refractivity contribution is 5.96. The van der Waals surface area contributed by atoms with Gasteiger partial charge in [-0.25, -0.2) is 0 Å². The zero-order chi connectivity index (χ0) is 49.2. The molecule has 0 aliphatic heterocycles. The molecule has 0 aliphatic carbocycles. The van der Waals surface area contributed by atoms with Gasteiger partial charge in [0.1, 0.15) is 30.2 Å². The van der Waals surface area contributed by atoms with E-state index in [1.54, 1.807) is 12.1 Å². The minimum Gasteiger partial charge on any atom is -0.502 e. The summed E-state index contributed by atoms with van der Waals surface area (Å²) in [4.78, 5) is 130. The number of nitrogens with two attached hydrogens (primary N) is 3. The van der Waals surface area contributed by atoms with Gasteiger partial charge >= 0.3 is 5.69 Å². The van der Waals surface area contributed by atoms with Crippen LogP contribution in [0.4, 0.5) is 5.69 Å². The molecule has 0 saturated carbocycles. The lowest BCUT2D eigenvalue weighted by Crippen LogP contribution is -2.57. The highest BCUT2D eigenvalue weighted by Gasteiger charge is 2.30. The number of hydrogen-bond donors (Lipinski definition) is 13. The van der Waals surface area contributed by atoms with Crippen molar-refractivity contribution in [3.8, 4) is 5.75 Å². The third-order valence-corrected chi connectivity index (χ3v) is 9.50. The first-order valence-electron chi connectivity index (χ1n) is 20.8. The van der Waals surface area contributed by atoms with E-state index in [2.05, 4.69) is 47.5 Å². The summed E-state index contributed by atoms with van der Waals surface area (Å²) in [5, 5.41) is 50.2. The van der Waals surface area contributed by atoms with Crippen molar-refractivity contribution in [2.45, 2.75) is 88.5 Å². The van der Waals surface area contributed by atoms with E-state index in [9.17, 15) is 63.5 Å². The number of aliphatic hydroxyl groups excluding tert-OH is 1. The smallest absolute Gasteiger partial charge is 0.310 e. The number of hydrogen-bond acceptors (Lipinski definition) is 16. The fourth-order valence-electron chi connectivity index (χ4n) is 6.09. The maximum atomic E-state index is 14.0. The molecule has 1 aromatic heterocycles. The Morgan fingerprint density at radius 3 is 1.76 bits per heavy atom. The Morgan fingerprint density at radius 2 is 1.20 bits per heavy atom. The first kappa shape index (κ1) is 54.8. The average molecular weight is 930 g/mol. The molecule has 1 heterocycles. The Bertz CT molecular complexity index is 2010. The molecule has 362 valence electrons. The molecule has 0 bridgehead atoms. The van der Waals surface area contributed by atoms with E-state index in [0.717, 1.165) is 19.1 Å². The SMILES string of the molecule is CC(=O)N[C@@H](CO)C(=O)N[C@@H](CCCCN)C(=O)NCC(=O)N[C@@H](Cc1cccnc1)C(=O)N[C@@H](Cc1ccc(O)c([N+](=O)[O-])c1)C(=O)NCC(=O)NCC(=O)N[C@@H](CCCCN)C(N)=O. The van der Waals surface area contributed by atoms with E-state index in [1.165, 1.54) is 18.5 Å². The van der Waals surface area contributed by atoms with Gasteiger partial charge in [0.2, 0.25) is 53.2 Å². The van der Waals surface area contributed by atoms with E-state index in [0.29, 0.717) is 37.8 Å². The van der Waals surface area contributed by atoms with Crippen LogP contribution < -0.4 is 59.7 Å². The second-order valence-corrected chi connectivity index (χ2v) is 14.8. The van der Waals surface area contributed by atoms with Gasteiger partial charge in [-0.05, 0) is 74.9 Å². The van der Waals surface area contributed by atoms with Crippen molar-refractivity contribution in [3.63, 3.8) is 0 Å². The van der Waals surface area contributed by atoms with Gasteiger partial charge in [0, 0.05) is 38.2 Å². The van der Waals surface area contributed by atoms with Crippen LogP contribution in [0.2, 0.25) is 0 Å². The number of aliphatic hydroxyl groups is 1. The number of nitro benzene ring substituents is 1.